The molecule has 0 amide bonds. The predicted molar refractivity (Wildman–Crippen MR) is 77.6 cm³/mol. The first-order valence-electron chi connectivity index (χ1n) is 6.65. The minimum absolute atomic E-state index is 0.0208. The van der Waals surface area contributed by atoms with Gasteiger partial charge in [-0.3, -0.25) is 4.98 Å². The Kier molecular flexibility index (Phi) is 5.00. The number of aromatic nitrogens is 1. The van der Waals surface area contributed by atoms with Gasteiger partial charge in [-0.15, -0.1) is 0 Å². The molecule has 1 aromatic carbocycles. The first-order chi connectivity index (χ1) is 10.0. The van der Waals surface area contributed by atoms with E-state index < -0.39 is 11.8 Å². The zero-order chi connectivity index (χ0) is 15.2. The smallest absolute Gasteiger partial charge is 0.335 e. The quantitative estimate of drug-likeness (QED) is 0.887. The van der Waals surface area contributed by atoms with Crippen LogP contribution < -0.4 is 0 Å². The van der Waals surface area contributed by atoms with Gasteiger partial charge in [-0.05, 0) is 54.9 Å². The summed E-state index contributed by atoms with van der Waals surface area (Å²) in [5, 5.41) is 8.93. The van der Waals surface area contributed by atoms with E-state index >= 15 is 0 Å². The Morgan fingerprint density at radius 1 is 1.24 bits per heavy atom. The van der Waals surface area contributed by atoms with Gasteiger partial charge in [0.1, 0.15) is 5.82 Å². The van der Waals surface area contributed by atoms with Crippen LogP contribution in [0.5, 0.6) is 0 Å². The molecule has 110 valence electrons. The van der Waals surface area contributed by atoms with Crippen molar-refractivity contribution in [2.45, 2.75) is 13.0 Å². The van der Waals surface area contributed by atoms with Gasteiger partial charge in [0.2, 0.25) is 0 Å². The van der Waals surface area contributed by atoms with E-state index in [1.807, 2.05) is 24.1 Å². The first-order valence-corrected chi connectivity index (χ1v) is 6.65. The fraction of sp³-hybridized carbons (Fsp3) is 0.250. The molecule has 21 heavy (non-hydrogen) atoms. The summed E-state index contributed by atoms with van der Waals surface area (Å²) in [6.07, 6.45) is 4.36. The molecule has 2 aromatic rings. The molecule has 0 radical (unpaired) electrons. The minimum Gasteiger partial charge on any atom is -0.478 e. The molecule has 0 aliphatic rings. The van der Waals surface area contributed by atoms with Crippen molar-refractivity contribution in [1.29, 1.82) is 0 Å². The van der Waals surface area contributed by atoms with E-state index in [1.54, 1.807) is 12.4 Å². The second-order valence-electron chi connectivity index (χ2n) is 5.00. The molecule has 0 saturated heterocycles. The Bertz CT molecular complexity index is 617. The second-order valence-corrected chi connectivity index (χ2v) is 5.00. The number of pyridine rings is 1. The Balaban J connectivity index is 1.96. The largest absolute Gasteiger partial charge is 0.478 e. The van der Waals surface area contributed by atoms with E-state index in [0.717, 1.165) is 19.0 Å². The Hall–Kier alpha value is -2.27. The number of carboxylic acid groups (broad SMARTS) is 1. The summed E-state index contributed by atoms with van der Waals surface area (Å²) in [4.78, 5) is 16.9. The van der Waals surface area contributed by atoms with Crippen LogP contribution in [0.3, 0.4) is 0 Å². The molecule has 0 atom stereocenters. The van der Waals surface area contributed by atoms with Crippen LogP contribution in [0, 0.1) is 5.82 Å². The third-order valence-electron chi connectivity index (χ3n) is 3.19. The van der Waals surface area contributed by atoms with Gasteiger partial charge < -0.3 is 10.0 Å². The first kappa shape index (κ1) is 15.1. The standard InChI is InChI=1S/C16H17FN2O2/c1-19(7-4-12-2-5-18-6-3-12)11-13-8-14(16(20)21)10-15(17)9-13/h2-3,5-6,8-10H,4,7,11H2,1H3,(H,20,21). The zero-order valence-electron chi connectivity index (χ0n) is 11.8. The van der Waals surface area contributed by atoms with Crippen molar-refractivity contribution >= 4 is 5.97 Å². The lowest BCUT2D eigenvalue weighted by Crippen LogP contribution is -2.21. The van der Waals surface area contributed by atoms with Crippen molar-refractivity contribution in [3.05, 3.63) is 65.2 Å². The average molecular weight is 288 g/mol. The summed E-state index contributed by atoms with van der Waals surface area (Å²) in [6.45, 7) is 1.30. The number of nitrogens with zero attached hydrogens (tertiary/aromatic N) is 2. The third-order valence-corrected chi connectivity index (χ3v) is 3.19. The Morgan fingerprint density at radius 2 is 1.95 bits per heavy atom. The van der Waals surface area contributed by atoms with Crippen molar-refractivity contribution in [3.8, 4) is 0 Å². The number of hydrogen-bond acceptors (Lipinski definition) is 3. The predicted octanol–water partition coefficient (Wildman–Crippen LogP) is 2.59. The fourth-order valence-corrected chi connectivity index (χ4v) is 2.13. The minimum atomic E-state index is -1.12. The number of benzene rings is 1. The molecule has 0 bridgehead atoms. The van der Waals surface area contributed by atoms with Crippen molar-refractivity contribution in [2.75, 3.05) is 13.6 Å². The number of halogens is 1. The van der Waals surface area contributed by atoms with E-state index in [9.17, 15) is 9.18 Å². The Labute approximate surface area is 122 Å². The van der Waals surface area contributed by atoms with Crippen LogP contribution in [-0.4, -0.2) is 34.6 Å². The zero-order valence-corrected chi connectivity index (χ0v) is 11.8. The van der Waals surface area contributed by atoms with Crippen molar-refractivity contribution in [3.63, 3.8) is 0 Å². The highest BCUT2D eigenvalue weighted by Crippen LogP contribution is 2.12. The maximum absolute atomic E-state index is 13.4. The summed E-state index contributed by atoms with van der Waals surface area (Å²) in [5.41, 5.74) is 1.82. The van der Waals surface area contributed by atoms with E-state index in [1.165, 1.54) is 17.7 Å². The molecule has 0 aliphatic carbocycles. The molecular weight excluding hydrogens is 271 g/mol. The molecule has 0 spiro atoms. The lowest BCUT2D eigenvalue weighted by Gasteiger charge is -2.17. The summed E-state index contributed by atoms with van der Waals surface area (Å²) in [6, 6.07) is 7.82. The number of hydrogen-bond donors (Lipinski definition) is 1. The molecule has 0 unspecified atom stereocenters. The molecule has 0 aliphatic heterocycles. The summed E-state index contributed by atoms with van der Waals surface area (Å²) in [7, 11) is 1.92. The van der Waals surface area contributed by atoms with Gasteiger partial charge in [-0.1, -0.05) is 0 Å². The van der Waals surface area contributed by atoms with Gasteiger partial charge in [0.25, 0.3) is 0 Å². The number of aromatic carboxylic acids is 1. The lowest BCUT2D eigenvalue weighted by molar-refractivity contribution is 0.0696. The van der Waals surface area contributed by atoms with E-state index in [2.05, 4.69) is 4.98 Å². The third kappa shape index (κ3) is 4.65. The highest BCUT2D eigenvalue weighted by Gasteiger charge is 2.09. The van der Waals surface area contributed by atoms with Crippen LogP contribution in [0.4, 0.5) is 4.39 Å². The van der Waals surface area contributed by atoms with Gasteiger partial charge in [-0.2, -0.15) is 0 Å². The molecule has 1 aromatic heterocycles. The monoisotopic (exact) mass is 288 g/mol. The number of likely N-dealkylation sites (N-methyl/N-ethyl adjacent to an activating group) is 1. The number of carboxylic acids is 1. The van der Waals surface area contributed by atoms with Gasteiger partial charge in [0.15, 0.2) is 0 Å². The van der Waals surface area contributed by atoms with Crippen molar-refractivity contribution in [2.24, 2.45) is 0 Å². The van der Waals surface area contributed by atoms with Crippen LogP contribution in [-0.2, 0) is 13.0 Å². The van der Waals surface area contributed by atoms with Crippen LogP contribution in [0.1, 0.15) is 21.5 Å². The molecule has 0 saturated carbocycles. The highest BCUT2D eigenvalue weighted by molar-refractivity contribution is 5.87. The second kappa shape index (κ2) is 6.95. The fourth-order valence-electron chi connectivity index (χ4n) is 2.13. The SMILES string of the molecule is CN(CCc1ccncc1)Cc1cc(F)cc(C(=O)O)c1. The summed E-state index contributed by atoms with van der Waals surface area (Å²) in [5.74, 6) is -1.64. The maximum atomic E-state index is 13.4. The van der Waals surface area contributed by atoms with Gasteiger partial charge in [0, 0.05) is 25.5 Å². The van der Waals surface area contributed by atoms with Crippen LogP contribution in [0.25, 0.3) is 0 Å². The van der Waals surface area contributed by atoms with Crippen LogP contribution in [0.15, 0.2) is 42.7 Å². The van der Waals surface area contributed by atoms with Crippen LogP contribution >= 0.6 is 0 Å². The molecule has 1 heterocycles. The van der Waals surface area contributed by atoms with E-state index in [4.69, 9.17) is 5.11 Å². The van der Waals surface area contributed by atoms with Crippen molar-refractivity contribution < 1.29 is 14.3 Å². The van der Waals surface area contributed by atoms with E-state index in [0.29, 0.717) is 12.1 Å². The number of rotatable bonds is 6. The molecule has 1 N–H and O–H groups in total. The average Bonchev–Trinajstić information content (AvgIpc) is 2.45. The van der Waals surface area contributed by atoms with Crippen molar-refractivity contribution in [1.82, 2.24) is 9.88 Å². The molecule has 4 nitrogen and oxygen atoms in total. The maximum Gasteiger partial charge on any atom is 0.335 e. The lowest BCUT2D eigenvalue weighted by atomic mass is 10.1. The Morgan fingerprint density at radius 3 is 2.62 bits per heavy atom. The molecule has 0 fully saturated rings. The highest BCUT2D eigenvalue weighted by atomic mass is 19.1. The summed E-state index contributed by atoms with van der Waals surface area (Å²) >= 11 is 0. The molecule has 5 heteroatoms. The van der Waals surface area contributed by atoms with Crippen LogP contribution in [0.2, 0.25) is 0 Å². The number of carbonyl (C=O) groups is 1. The van der Waals surface area contributed by atoms with Gasteiger partial charge in [-0.25, -0.2) is 9.18 Å². The molecular formula is C16H17FN2O2. The van der Waals surface area contributed by atoms with E-state index in [-0.39, 0.29) is 5.56 Å². The topological polar surface area (TPSA) is 53.4 Å². The van der Waals surface area contributed by atoms with Gasteiger partial charge >= 0.3 is 5.97 Å². The summed E-state index contributed by atoms with van der Waals surface area (Å²) < 4.78 is 13.4. The van der Waals surface area contributed by atoms with Gasteiger partial charge in [0.05, 0.1) is 5.56 Å². The molecule has 2 rings (SSSR count). The normalized spacial score (nSPS) is 10.8.